The van der Waals surface area contributed by atoms with Crippen LogP contribution in [0.15, 0.2) is 36.7 Å². The maximum absolute atomic E-state index is 9.09. The Morgan fingerprint density at radius 3 is 2.40 bits per heavy atom. The first-order valence-electron chi connectivity index (χ1n) is 4.50. The largest absolute Gasteiger partial charge is 0.508 e. The molecule has 0 saturated carbocycles. The fourth-order valence-electron chi connectivity index (χ4n) is 1.12. The Labute approximate surface area is 87.2 Å². The van der Waals surface area contributed by atoms with E-state index in [9.17, 15) is 0 Å². The summed E-state index contributed by atoms with van der Waals surface area (Å²) >= 11 is 0. The van der Waals surface area contributed by atoms with Crippen LogP contribution in [0.1, 0.15) is 5.69 Å². The molecule has 0 amide bonds. The standard InChI is InChI=1S/C11H10N2O2/c1-8-11(13-7-6-12-8)15-10-4-2-9(14)3-5-10/h2-7,14H,1H3. The Morgan fingerprint density at radius 2 is 1.73 bits per heavy atom. The number of benzene rings is 1. The molecular weight excluding hydrogens is 192 g/mol. The van der Waals surface area contributed by atoms with E-state index in [4.69, 9.17) is 9.84 Å². The number of hydrogen-bond acceptors (Lipinski definition) is 4. The minimum absolute atomic E-state index is 0.207. The summed E-state index contributed by atoms with van der Waals surface area (Å²) in [7, 11) is 0. The van der Waals surface area contributed by atoms with Crippen molar-refractivity contribution in [2.75, 3.05) is 0 Å². The second-order valence-electron chi connectivity index (χ2n) is 3.04. The first kappa shape index (κ1) is 9.45. The number of aryl methyl sites for hydroxylation is 1. The molecule has 1 aromatic heterocycles. The van der Waals surface area contributed by atoms with E-state index in [1.54, 1.807) is 36.7 Å². The summed E-state index contributed by atoms with van der Waals surface area (Å²) in [5, 5.41) is 9.09. The molecule has 0 aliphatic rings. The highest BCUT2D eigenvalue weighted by Gasteiger charge is 2.02. The van der Waals surface area contributed by atoms with Crippen molar-refractivity contribution in [2.45, 2.75) is 6.92 Å². The van der Waals surface area contributed by atoms with Crippen LogP contribution in [0.5, 0.6) is 17.4 Å². The lowest BCUT2D eigenvalue weighted by Gasteiger charge is -2.05. The number of phenolic OH excluding ortho intramolecular Hbond substituents is 1. The number of hydrogen-bond donors (Lipinski definition) is 1. The van der Waals surface area contributed by atoms with Gasteiger partial charge in [-0.1, -0.05) is 0 Å². The Bertz CT molecular complexity index is 454. The molecule has 0 saturated heterocycles. The van der Waals surface area contributed by atoms with Crippen molar-refractivity contribution in [1.29, 1.82) is 0 Å². The van der Waals surface area contributed by atoms with Crippen LogP contribution in [-0.4, -0.2) is 15.1 Å². The van der Waals surface area contributed by atoms with Gasteiger partial charge in [-0.05, 0) is 31.2 Å². The summed E-state index contributed by atoms with van der Waals surface area (Å²) in [5.74, 6) is 1.30. The average Bonchev–Trinajstić information content (AvgIpc) is 2.25. The predicted molar refractivity (Wildman–Crippen MR) is 54.9 cm³/mol. The highest BCUT2D eigenvalue weighted by atomic mass is 16.5. The molecule has 2 aromatic rings. The van der Waals surface area contributed by atoms with Crippen LogP contribution in [0.4, 0.5) is 0 Å². The van der Waals surface area contributed by atoms with E-state index in [-0.39, 0.29) is 5.75 Å². The minimum atomic E-state index is 0.207. The van der Waals surface area contributed by atoms with Gasteiger partial charge in [0.2, 0.25) is 5.88 Å². The summed E-state index contributed by atoms with van der Waals surface area (Å²) < 4.78 is 5.48. The molecule has 0 atom stereocenters. The highest BCUT2D eigenvalue weighted by Crippen LogP contribution is 2.22. The van der Waals surface area contributed by atoms with Gasteiger partial charge in [-0.3, -0.25) is 4.98 Å². The Balaban J connectivity index is 2.22. The van der Waals surface area contributed by atoms with Gasteiger partial charge in [0.25, 0.3) is 0 Å². The fraction of sp³-hybridized carbons (Fsp3) is 0.0909. The first-order chi connectivity index (χ1) is 7.25. The van der Waals surface area contributed by atoms with Gasteiger partial charge < -0.3 is 9.84 Å². The van der Waals surface area contributed by atoms with Crippen LogP contribution in [0.25, 0.3) is 0 Å². The van der Waals surface area contributed by atoms with Gasteiger partial charge in [-0.2, -0.15) is 0 Å². The molecule has 4 nitrogen and oxygen atoms in total. The van der Waals surface area contributed by atoms with Gasteiger partial charge in [0.1, 0.15) is 11.5 Å². The summed E-state index contributed by atoms with van der Waals surface area (Å²) in [6.07, 6.45) is 3.18. The Morgan fingerprint density at radius 1 is 1.07 bits per heavy atom. The van der Waals surface area contributed by atoms with Crippen LogP contribution in [-0.2, 0) is 0 Å². The molecule has 0 aliphatic carbocycles. The second-order valence-corrected chi connectivity index (χ2v) is 3.04. The van der Waals surface area contributed by atoms with E-state index in [1.165, 1.54) is 0 Å². The smallest absolute Gasteiger partial charge is 0.240 e. The van der Waals surface area contributed by atoms with Crippen LogP contribution in [0.3, 0.4) is 0 Å². The van der Waals surface area contributed by atoms with Gasteiger partial charge >= 0.3 is 0 Å². The zero-order valence-electron chi connectivity index (χ0n) is 8.21. The number of aromatic hydroxyl groups is 1. The fourth-order valence-corrected chi connectivity index (χ4v) is 1.12. The third-order valence-corrected chi connectivity index (χ3v) is 1.89. The lowest BCUT2D eigenvalue weighted by atomic mass is 10.3. The highest BCUT2D eigenvalue weighted by molar-refractivity contribution is 5.33. The van der Waals surface area contributed by atoms with Crippen LogP contribution >= 0.6 is 0 Å². The van der Waals surface area contributed by atoms with Crippen molar-refractivity contribution in [2.24, 2.45) is 0 Å². The average molecular weight is 202 g/mol. The maximum Gasteiger partial charge on any atom is 0.240 e. The van der Waals surface area contributed by atoms with Crippen LogP contribution in [0, 0.1) is 6.92 Å². The third-order valence-electron chi connectivity index (χ3n) is 1.89. The monoisotopic (exact) mass is 202 g/mol. The van der Waals surface area contributed by atoms with E-state index in [1.807, 2.05) is 6.92 Å². The van der Waals surface area contributed by atoms with Gasteiger partial charge in [-0.25, -0.2) is 4.98 Å². The summed E-state index contributed by atoms with van der Waals surface area (Å²) in [5.41, 5.74) is 0.727. The van der Waals surface area contributed by atoms with Crippen molar-refractivity contribution in [3.63, 3.8) is 0 Å². The SMILES string of the molecule is Cc1nccnc1Oc1ccc(O)cc1. The van der Waals surface area contributed by atoms with Crippen molar-refractivity contribution >= 4 is 0 Å². The number of rotatable bonds is 2. The Hall–Kier alpha value is -2.10. The van der Waals surface area contributed by atoms with E-state index < -0.39 is 0 Å². The molecule has 1 aromatic carbocycles. The maximum atomic E-state index is 9.09. The van der Waals surface area contributed by atoms with Gasteiger partial charge in [0, 0.05) is 12.4 Å². The molecule has 0 bridgehead atoms. The number of ether oxygens (including phenoxy) is 1. The molecule has 1 N–H and O–H groups in total. The first-order valence-corrected chi connectivity index (χ1v) is 4.50. The van der Waals surface area contributed by atoms with E-state index in [2.05, 4.69) is 9.97 Å². The molecule has 0 fully saturated rings. The zero-order chi connectivity index (χ0) is 10.7. The molecule has 15 heavy (non-hydrogen) atoms. The molecule has 4 heteroatoms. The molecule has 0 spiro atoms. The topological polar surface area (TPSA) is 55.2 Å². The number of aromatic nitrogens is 2. The number of nitrogens with zero attached hydrogens (tertiary/aromatic N) is 2. The molecule has 1 heterocycles. The molecular formula is C11H10N2O2. The molecule has 76 valence electrons. The van der Waals surface area contributed by atoms with E-state index in [0.29, 0.717) is 11.6 Å². The zero-order valence-corrected chi connectivity index (χ0v) is 8.21. The van der Waals surface area contributed by atoms with Gasteiger partial charge in [-0.15, -0.1) is 0 Å². The van der Waals surface area contributed by atoms with E-state index in [0.717, 1.165) is 5.69 Å². The van der Waals surface area contributed by atoms with Gasteiger partial charge in [0.05, 0.1) is 5.69 Å². The molecule has 0 radical (unpaired) electrons. The number of phenols is 1. The second kappa shape index (κ2) is 3.96. The Kier molecular flexibility index (Phi) is 2.49. The van der Waals surface area contributed by atoms with Gasteiger partial charge in [0.15, 0.2) is 0 Å². The van der Waals surface area contributed by atoms with Crippen molar-refractivity contribution in [1.82, 2.24) is 9.97 Å². The normalized spacial score (nSPS) is 9.93. The van der Waals surface area contributed by atoms with Crippen molar-refractivity contribution in [3.05, 3.63) is 42.4 Å². The molecule has 2 rings (SSSR count). The summed E-state index contributed by atoms with van der Waals surface area (Å²) in [6, 6.07) is 6.45. The lowest BCUT2D eigenvalue weighted by Crippen LogP contribution is -1.92. The van der Waals surface area contributed by atoms with Crippen molar-refractivity contribution in [3.8, 4) is 17.4 Å². The quantitative estimate of drug-likeness (QED) is 0.811. The molecule has 0 unspecified atom stereocenters. The third kappa shape index (κ3) is 2.22. The molecule has 0 aliphatic heterocycles. The summed E-state index contributed by atoms with van der Waals surface area (Å²) in [6.45, 7) is 1.82. The van der Waals surface area contributed by atoms with E-state index >= 15 is 0 Å². The predicted octanol–water partition coefficient (Wildman–Crippen LogP) is 2.28. The van der Waals surface area contributed by atoms with Crippen LogP contribution in [0.2, 0.25) is 0 Å². The van der Waals surface area contributed by atoms with Crippen LogP contribution < -0.4 is 4.74 Å². The summed E-state index contributed by atoms with van der Waals surface area (Å²) in [4.78, 5) is 8.10. The minimum Gasteiger partial charge on any atom is -0.508 e. The lowest BCUT2D eigenvalue weighted by molar-refractivity contribution is 0.448. The van der Waals surface area contributed by atoms with Crippen molar-refractivity contribution < 1.29 is 9.84 Å².